The van der Waals surface area contributed by atoms with E-state index in [1.54, 1.807) is 0 Å². The van der Waals surface area contributed by atoms with Gasteiger partial charge in [0.05, 0.1) is 12.1 Å². The molecule has 60 heavy (non-hydrogen) atoms. The van der Waals surface area contributed by atoms with Gasteiger partial charge in [-0.1, -0.05) is 116 Å². The normalized spacial score (nSPS) is 21.6. The second-order valence-corrected chi connectivity index (χ2v) is 16.7. The molecule has 0 spiro atoms. The molecule has 0 N–H and O–H groups in total. The van der Waals surface area contributed by atoms with E-state index >= 15 is 0 Å². The fraction of sp³-hybridized carbons (Fsp3) is 0.353. The highest BCUT2D eigenvalue weighted by molar-refractivity contribution is 6.05. The first-order valence-electron chi connectivity index (χ1n) is 21.8. The quantitative estimate of drug-likeness (QED) is 0.141. The van der Waals surface area contributed by atoms with Gasteiger partial charge in [-0.3, -0.25) is 29.3 Å². The summed E-state index contributed by atoms with van der Waals surface area (Å²) in [6.07, 6.45) is 11.6. The van der Waals surface area contributed by atoms with Crippen molar-refractivity contribution in [2.75, 3.05) is 26.2 Å². The van der Waals surface area contributed by atoms with Crippen LogP contribution in [-0.4, -0.2) is 82.2 Å². The van der Waals surface area contributed by atoms with Crippen molar-refractivity contribution in [2.24, 2.45) is 9.98 Å². The van der Waals surface area contributed by atoms with E-state index in [0.717, 1.165) is 109 Å². The van der Waals surface area contributed by atoms with Gasteiger partial charge in [0, 0.05) is 62.2 Å². The average molecular weight is 800 g/mol. The summed E-state index contributed by atoms with van der Waals surface area (Å²) in [6, 6.07) is 36.6. The number of aliphatic imine (C=N–C) groups is 2. The van der Waals surface area contributed by atoms with Gasteiger partial charge >= 0.3 is 5.97 Å². The Labute approximate surface area is 353 Å². The number of amides is 2. The Bertz CT molecular complexity index is 2330. The topological polar surface area (TPSA) is 94.9 Å². The van der Waals surface area contributed by atoms with Gasteiger partial charge in [-0.05, 0) is 90.6 Å². The largest absolute Gasteiger partial charge is 0.447 e. The lowest BCUT2D eigenvalue weighted by Crippen LogP contribution is -2.48. The SMILES string of the molecule is CC(=O)O[C@H](C(=O)N1CCC[C@H]1C1=NC=C(c2ccc(-c3ccc(C4=CN=C([C@@H]5CCCN5C(=O)[C@@H](c5ccccc5)N5CCCCC5)C4)cc3)cc2)C1)c1ccccc1. The number of carbonyl (C=O) groups excluding carboxylic acids is 3. The number of esters is 1. The third-order valence-electron chi connectivity index (χ3n) is 12.9. The first-order valence-corrected chi connectivity index (χ1v) is 21.8. The standard InChI is InChI=1S/C51H53N5O4/c1-35(57)60-49(41-15-7-3-8-16-41)51(59)56-30-12-18-47(56)45-32-43(34-53-45)39-25-21-37(22-26-39)36-19-23-38(24-20-36)42-31-44(52-33-42)46-17-11-29-55(46)50(58)48(40-13-5-2-6-14-40)54-27-9-4-10-28-54/h2-3,5-8,13-16,19-26,33-34,46-49H,4,9-12,17-18,27-32H2,1H3/t46-,47-,48+,49-/m0/s1. The minimum absolute atomic E-state index is 0.0374. The van der Waals surface area contributed by atoms with Gasteiger partial charge < -0.3 is 14.5 Å². The van der Waals surface area contributed by atoms with E-state index in [4.69, 9.17) is 14.7 Å². The first kappa shape index (κ1) is 39.5. The predicted molar refractivity (Wildman–Crippen MR) is 237 cm³/mol. The van der Waals surface area contributed by atoms with Crippen LogP contribution in [0.15, 0.2) is 132 Å². The van der Waals surface area contributed by atoms with Crippen LogP contribution in [0.3, 0.4) is 0 Å². The number of rotatable bonds is 11. The Morgan fingerprint density at radius 2 is 1.02 bits per heavy atom. The molecule has 0 aliphatic carbocycles. The van der Waals surface area contributed by atoms with Crippen LogP contribution in [0.1, 0.15) is 99.1 Å². The smallest absolute Gasteiger partial charge is 0.303 e. The zero-order valence-electron chi connectivity index (χ0n) is 34.4. The number of piperidine rings is 1. The van der Waals surface area contributed by atoms with Crippen molar-refractivity contribution in [3.8, 4) is 11.1 Å². The molecule has 306 valence electrons. The molecule has 5 aliphatic rings. The number of ether oxygens (including phenoxy) is 1. The Morgan fingerprint density at radius 1 is 0.550 bits per heavy atom. The van der Waals surface area contributed by atoms with Gasteiger partial charge in [-0.2, -0.15) is 0 Å². The van der Waals surface area contributed by atoms with Gasteiger partial charge in [0.1, 0.15) is 6.04 Å². The molecule has 4 aromatic rings. The number of likely N-dealkylation sites (tertiary alicyclic amines) is 3. The van der Waals surface area contributed by atoms with Gasteiger partial charge in [0.25, 0.3) is 5.91 Å². The van der Waals surface area contributed by atoms with E-state index < -0.39 is 12.1 Å². The lowest BCUT2D eigenvalue weighted by atomic mass is 9.94. The fourth-order valence-corrected chi connectivity index (χ4v) is 9.85. The van der Waals surface area contributed by atoms with E-state index in [1.807, 2.05) is 65.8 Å². The molecular formula is C51H53N5O4. The summed E-state index contributed by atoms with van der Waals surface area (Å²) in [5.74, 6) is -0.460. The van der Waals surface area contributed by atoms with E-state index in [-0.39, 0.29) is 29.9 Å². The fourth-order valence-electron chi connectivity index (χ4n) is 9.85. The highest BCUT2D eigenvalue weighted by Crippen LogP contribution is 2.36. The van der Waals surface area contributed by atoms with Gasteiger partial charge in [0.2, 0.25) is 12.0 Å². The number of carbonyl (C=O) groups is 3. The zero-order valence-corrected chi connectivity index (χ0v) is 34.4. The Morgan fingerprint density at radius 3 is 1.52 bits per heavy atom. The van der Waals surface area contributed by atoms with Crippen molar-refractivity contribution in [3.63, 3.8) is 0 Å². The average Bonchev–Trinajstić information content (AvgIpc) is 4.14. The Balaban J connectivity index is 0.811. The summed E-state index contributed by atoms with van der Waals surface area (Å²) in [7, 11) is 0. The van der Waals surface area contributed by atoms with Crippen molar-refractivity contribution < 1.29 is 19.1 Å². The van der Waals surface area contributed by atoms with Gasteiger partial charge in [-0.25, -0.2) is 0 Å². The molecule has 0 aromatic heterocycles. The van der Waals surface area contributed by atoms with E-state index in [1.165, 1.54) is 18.9 Å². The van der Waals surface area contributed by atoms with Gasteiger partial charge in [-0.15, -0.1) is 0 Å². The second kappa shape index (κ2) is 17.7. The molecule has 2 amide bonds. The van der Waals surface area contributed by atoms with Gasteiger partial charge in [0.15, 0.2) is 0 Å². The van der Waals surface area contributed by atoms with Crippen LogP contribution in [0, 0.1) is 0 Å². The zero-order chi connectivity index (χ0) is 41.0. The van der Waals surface area contributed by atoms with Crippen molar-refractivity contribution in [3.05, 3.63) is 144 Å². The maximum atomic E-state index is 14.4. The van der Waals surface area contributed by atoms with Crippen LogP contribution in [0.25, 0.3) is 22.3 Å². The lowest BCUT2D eigenvalue weighted by molar-refractivity contribution is -0.159. The minimum atomic E-state index is -0.969. The van der Waals surface area contributed by atoms with E-state index in [0.29, 0.717) is 18.5 Å². The molecule has 5 heterocycles. The molecular weight excluding hydrogens is 747 g/mol. The van der Waals surface area contributed by atoms with E-state index in [2.05, 4.69) is 70.5 Å². The molecule has 3 saturated heterocycles. The maximum Gasteiger partial charge on any atom is 0.303 e. The van der Waals surface area contributed by atoms with Crippen LogP contribution in [0.2, 0.25) is 0 Å². The summed E-state index contributed by atoms with van der Waals surface area (Å²) in [5, 5.41) is 0. The van der Waals surface area contributed by atoms with Crippen LogP contribution in [0.5, 0.6) is 0 Å². The molecule has 0 bridgehead atoms. The number of nitrogens with zero attached hydrogens (tertiary/aromatic N) is 5. The molecule has 3 fully saturated rings. The number of allylic oxidation sites excluding steroid dienone is 2. The second-order valence-electron chi connectivity index (χ2n) is 16.7. The lowest BCUT2D eigenvalue weighted by Gasteiger charge is -2.37. The summed E-state index contributed by atoms with van der Waals surface area (Å²) >= 11 is 0. The molecule has 5 aliphatic heterocycles. The third kappa shape index (κ3) is 8.28. The van der Waals surface area contributed by atoms with Crippen molar-refractivity contribution in [1.29, 1.82) is 0 Å². The van der Waals surface area contributed by atoms with Crippen molar-refractivity contribution in [1.82, 2.24) is 14.7 Å². The Kier molecular flexibility index (Phi) is 11.7. The monoisotopic (exact) mass is 799 g/mol. The van der Waals surface area contributed by atoms with Crippen molar-refractivity contribution >= 4 is 40.4 Å². The molecule has 0 unspecified atom stereocenters. The molecule has 4 aromatic carbocycles. The molecule has 0 saturated carbocycles. The number of hydrogen-bond acceptors (Lipinski definition) is 7. The van der Waals surface area contributed by atoms with Crippen LogP contribution >= 0.6 is 0 Å². The summed E-state index contributed by atoms with van der Waals surface area (Å²) in [5.41, 5.74) is 10.7. The maximum absolute atomic E-state index is 14.4. The highest BCUT2D eigenvalue weighted by atomic mass is 16.5. The minimum Gasteiger partial charge on any atom is -0.447 e. The van der Waals surface area contributed by atoms with Crippen LogP contribution < -0.4 is 0 Å². The summed E-state index contributed by atoms with van der Waals surface area (Å²) < 4.78 is 5.56. The molecule has 4 atom stereocenters. The predicted octanol–water partition coefficient (Wildman–Crippen LogP) is 9.24. The van der Waals surface area contributed by atoms with Crippen LogP contribution in [0.4, 0.5) is 0 Å². The van der Waals surface area contributed by atoms with Crippen LogP contribution in [-0.2, 0) is 19.1 Å². The number of benzene rings is 4. The molecule has 9 rings (SSSR count). The molecule has 9 nitrogen and oxygen atoms in total. The highest BCUT2D eigenvalue weighted by Gasteiger charge is 2.41. The van der Waals surface area contributed by atoms with E-state index in [9.17, 15) is 14.4 Å². The summed E-state index contributed by atoms with van der Waals surface area (Å²) in [4.78, 5) is 56.4. The number of hydrogen-bond donors (Lipinski definition) is 0. The van der Waals surface area contributed by atoms with Crippen molar-refractivity contribution in [2.45, 2.75) is 88.9 Å². The first-order chi connectivity index (χ1) is 29.4. The third-order valence-corrected chi connectivity index (χ3v) is 12.9. The molecule has 0 radical (unpaired) electrons. The Hall–Kier alpha value is -5.93. The summed E-state index contributed by atoms with van der Waals surface area (Å²) in [6.45, 7) is 4.66. The molecule has 9 heteroatoms.